The molecular weight excluding hydrogens is 295 g/mol. The van der Waals surface area contributed by atoms with E-state index in [4.69, 9.17) is 0 Å². The molecular formula is C17H21FN4O. The molecule has 1 saturated carbocycles. The predicted octanol–water partition coefficient (Wildman–Crippen LogP) is 3.77. The van der Waals surface area contributed by atoms with Gasteiger partial charge in [0, 0.05) is 12.1 Å². The van der Waals surface area contributed by atoms with E-state index in [-0.39, 0.29) is 17.9 Å². The number of rotatable bonds is 3. The molecule has 6 heteroatoms. The third-order valence-electron chi connectivity index (χ3n) is 4.08. The van der Waals surface area contributed by atoms with Gasteiger partial charge in [-0.2, -0.15) is 5.10 Å². The number of anilines is 1. The summed E-state index contributed by atoms with van der Waals surface area (Å²) in [5.74, 6) is 0.268. The molecule has 0 unspecified atom stereocenters. The van der Waals surface area contributed by atoms with Crippen molar-refractivity contribution in [3.05, 3.63) is 41.8 Å². The van der Waals surface area contributed by atoms with Gasteiger partial charge in [0.1, 0.15) is 11.6 Å². The lowest BCUT2D eigenvalue weighted by Crippen LogP contribution is -2.39. The van der Waals surface area contributed by atoms with E-state index in [9.17, 15) is 9.18 Å². The molecule has 0 spiro atoms. The monoisotopic (exact) mass is 316 g/mol. The summed E-state index contributed by atoms with van der Waals surface area (Å²) in [6, 6.07) is 7.82. The topological polar surface area (TPSA) is 59.0 Å². The van der Waals surface area contributed by atoms with Crippen LogP contribution in [0, 0.1) is 12.7 Å². The van der Waals surface area contributed by atoms with Gasteiger partial charge in [0.15, 0.2) is 0 Å². The highest BCUT2D eigenvalue weighted by Gasteiger charge is 2.17. The number of carbonyl (C=O) groups excluding carboxylic acids is 1. The van der Waals surface area contributed by atoms with Crippen molar-refractivity contribution in [2.45, 2.75) is 45.1 Å². The average molecular weight is 316 g/mol. The Kier molecular flexibility index (Phi) is 4.60. The van der Waals surface area contributed by atoms with E-state index < -0.39 is 0 Å². The first-order valence-corrected chi connectivity index (χ1v) is 8.02. The van der Waals surface area contributed by atoms with Crippen molar-refractivity contribution in [3.63, 3.8) is 0 Å². The maximum Gasteiger partial charge on any atom is 0.320 e. The van der Waals surface area contributed by atoms with Crippen LogP contribution in [0.4, 0.5) is 15.0 Å². The zero-order valence-electron chi connectivity index (χ0n) is 13.2. The van der Waals surface area contributed by atoms with Crippen LogP contribution in [0.15, 0.2) is 30.3 Å². The summed E-state index contributed by atoms with van der Waals surface area (Å²) in [6.45, 7) is 1.85. The number of carbonyl (C=O) groups is 1. The number of hydrogen-bond acceptors (Lipinski definition) is 2. The molecule has 0 saturated heterocycles. The van der Waals surface area contributed by atoms with Crippen LogP contribution in [0.25, 0.3) is 5.69 Å². The molecule has 2 N–H and O–H groups in total. The largest absolute Gasteiger partial charge is 0.335 e. The van der Waals surface area contributed by atoms with Crippen molar-refractivity contribution in [2.75, 3.05) is 5.32 Å². The van der Waals surface area contributed by atoms with Crippen LogP contribution in [0.5, 0.6) is 0 Å². The molecule has 1 aromatic heterocycles. The van der Waals surface area contributed by atoms with Crippen LogP contribution in [0.3, 0.4) is 0 Å². The Hall–Kier alpha value is -2.37. The number of halogens is 1. The number of nitrogens with zero attached hydrogens (tertiary/aromatic N) is 2. The number of amides is 2. The second-order valence-corrected chi connectivity index (χ2v) is 5.99. The first-order chi connectivity index (χ1) is 11.1. The van der Waals surface area contributed by atoms with Crippen molar-refractivity contribution in [1.82, 2.24) is 15.1 Å². The van der Waals surface area contributed by atoms with Crippen LogP contribution < -0.4 is 10.6 Å². The first kappa shape index (κ1) is 15.5. The summed E-state index contributed by atoms with van der Waals surface area (Å²) in [4.78, 5) is 12.2. The lowest BCUT2D eigenvalue weighted by molar-refractivity contribution is 0.244. The number of urea groups is 1. The maximum atomic E-state index is 13.1. The van der Waals surface area contributed by atoms with Crippen LogP contribution in [0.1, 0.15) is 37.8 Å². The Labute approximate surface area is 134 Å². The molecule has 1 aliphatic rings. The highest BCUT2D eigenvalue weighted by Crippen LogP contribution is 2.19. The molecule has 122 valence electrons. The number of hydrogen-bond donors (Lipinski definition) is 2. The fourth-order valence-corrected chi connectivity index (χ4v) is 2.95. The zero-order chi connectivity index (χ0) is 16.2. The minimum Gasteiger partial charge on any atom is -0.335 e. The Morgan fingerprint density at radius 2 is 1.91 bits per heavy atom. The van der Waals surface area contributed by atoms with Gasteiger partial charge in [-0.3, -0.25) is 5.32 Å². The molecule has 0 radical (unpaired) electrons. The normalized spacial score (nSPS) is 15.4. The van der Waals surface area contributed by atoms with E-state index in [1.54, 1.807) is 22.9 Å². The minimum absolute atomic E-state index is 0.222. The second kappa shape index (κ2) is 6.81. The summed E-state index contributed by atoms with van der Waals surface area (Å²) >= 11 is 0. The van der Waals surface area contributed by atoms with Crippen LogP contribution in [-0.2, 0) is 0 Å². The fourth-order valence-electron chi connectivity index (χ4n) is 2.95. The molecule has 0 aliphatic heterocycles. The van der Waals surface area contributed by atoms with E-state index in [2.05, 4.69) is 15.7 Å². The van der Waals surface area contributed by atoms with Crippen molar-refractivity contribution < 1.29 is 9.18 Å². The third-order valence-corrected chi connectivity index (χ3v) is 4.08. The van der Waals surface area contributed by atoms with Crippen molar-refractivity contribution in [3.8, 4) is 5.69 Å². The van der Waals surface area contributed by atoms with Gasteiger partial charge in [0.25, 0.3) is 0 Å². The van der Waals surface area contributed by atoms with Gasteiger partial charge >= 0.3 is 6.03 Å². The smallest absolute Gasteiger partial charge is 0.320 e. The summed E-state index contributed by atoms with van der Waals surface area (Å²) in [5, 5.41) is 10.2. The molecule has 1 aromatic carbocycles. The van der Waals surface area contributed by atoms with Crippen LogP contribution >= 0.6 is 0 Å². The molecule has 5 nitrogen and oxygen atoms in total. The van der Waals surface area contributed by atoms with Gasteiger partial charge in [-0.25, -0.2) is 13.9 Å². The Morgan fingerprint density at radius 1 is 1.22 bits per heavy atom. The lowest BCUT2D eigenvalue weighted by atomic mass is 9.96. The molecule has 1 aliphatic carbocycles. The van der Waals surface area contributed by atoms with E-state index in [1.807, 2.05) is 6.92 Å². The maximum absolute atomic E-state index is 13.1. The first-order valence-electron chi connectivity index (χ1n) is 8.02. The molecule has 2 aromatic rings. The molecule has 1 heterocycles. The highest BCUT2D eigenvalue weighted by atomic mass is 19.1. The Balaban J connectivity index is 1.72. The second-order valence-electron chi connectivity index (χ2n) is 5.99. The molecule has 1 fully saturated rings. The van der Waals surface area contributed by atoms with Gasteiger partial charge < -0.3 is 5.32 Å². The standard InChI is InChI=1S/C17H21FN4O/c1-12-11-16(20-17(23)19-14-5-3-2-4-6-14)22(21-12)15-9-7-13(18)8-10-15/h7-11,14H,2-6H2,1H3,(H2,19,20,23). The van der Waals surface area contributed by atoms with Crippen LogP contribution in [0.2, 0.25) is 0 Å². The van der Waals surface area contributed by atoms with Crippen LogP contribution in [-0.4, -0.2) is 21.9 Å². The van der Waals surface area contributed by atoms with Gasteiger partial charge in [0.05, 0.1) is 11.4 Å². The van der Waals surface area contributed by atoms with E-state index in [1.165, 1.54) is 18.6 Å². The predicted molar refractivity (Wildman–Crippen MR) is 87.3 cm³/mol. The number of nitrogens with one attached hydrogen (secondary N) is 2. The van der Waals surface area contributed by atoms with Crippen molar-refractivity contribution in [1.29, 1.82) is 0 Å². The van der Waals surface area contributed by atoms with E-state index >= 15 is 0 Å². The lowest BCUT2D eigenvalue weighted by Gasteiger charge is -2.22. The molecule has 0 bridgehead atoms. The minimum atomic E-state index is -0.304. The van der Waals surface area contributed by atoms with Crippen molar-refractivity contribution in [2.24, 2.45) is 0 Å². The molecule has 3 rings (SSSR count). The summed E-state index contributed by atoms with van der Waals surface area (Å²) in [5.41, 5.74) is 1.48. The SMILES string of the molecule is Cc1cc(NC(=O)NC2CCCCC2)n(-c2ccc(F)cc2)n1. The molecule has 2 amide bonds. The van der Waals surface area contributed by atoms with Gasteiger partial charge in [-0.1, -0.05) is 19.3 Å². The summed E-state index contributed by atoms with van der Waals surface area (Å²) in [6.07, 6.45) is 5.64. The number of benzene rings is 1. The van der Waals surface area contributed by atoms with Gasteiger partial charge in [-0.15, -0.1) is 0 Å². The number of aryl methyl sites for hydroxylation is 1. The quantitative estimate of drug-likeness (QED) is 0.905. The van der Waals surface area contributed by atoms with Gasteiger partial charge in [0.2, 0.25) is 0 Å². The summed E-state index contributed by atoms with van der Waals surface area (Å²) in [7, 11) is 0. The highest BCUT2D eigenvalue weighted by molar-refractivity contribution is 5.88. The third kappa shape index (κ3) is 3.88. The molecule has 23 heavy (non-hydrogen) atoms. The van der Waals surface area contributed by atoms with Gasteiger partial charge in [-0.05, 0) is 44.0 Å². The zero-order valence-corrected chi connectivity index (χ0v) is 13.2. The van der Waals surface area contributed by atoms with Crippen molar-refractivity contribution >= 4 is 11.8 Å². The summed E-state index contributed by atoms with van der Waals surface area (Å²) < 4.78 is 14.7. The number of aromatic nitrogens is 2. The Morgan fingerprint density at radius 3 is 2.61 bits per heavy atom. The van der Waals surface area contributed by atoms with E-state index in [0.717, 1.165) is 31.4 Å². The van der Waals surface area contributed by atoms with E-state index in [0.29, 0.717) is 11.5 Å². The molecule has 0 atom stereocenters. The average Bonchev–Trinajstić information content (AvgIpc) is 2.89. The Bertz CT molecular complexity index is 674. The fraction of sp³-hybridized carbons (Fsp3) is 0.412.